The number of carbonyl (C=O) groups excluding carboxylic acids is 1. The van der Waals surface area contributed by atoms with Crippen molar-refractivity contribution in [1.82, 2.24) is 4.90 Å². The first kappa shape index (κ1) is 18.4. The van der Waals surface area contributed by atoms with E-state index in [0.717, 1.165) is 23.1 Å². The summed E-state index contributed by atoms with van der Waals surface area (Å²) < 4.78 is 5.98. The normalized spacial score (nSPS) is 16.1. The second-order valence-electron chi connectivity index (χ2n) is 7.35. The highest BCUT2D eigenvalue weighted by Crippen LogP contribution is 2.38. The average Bonchev–Trinajstić information content (AvgIpc) is 2.96. The minimum atomic E-state index is -0.554. The minimum Gasteiger partial charge on any atom is -0.450 e. The quantitative estimate of drug-likeness (QED) is 0.755. The number of β-amino-alcohol motifs (C(OH)–C–C–N with tert-alkyl or cyclic N) is 1. The molecule has 3 aromatic rings. The molecule has 0 saturated heterocycles. The summed E-state index contributed by atoms with van der Waals surface area (Å²) in [6, 6.07) is 11.1. The predicted molar refractivity (Wildman–Crippen MR) is 108 cm³/mol. The van der Waals surface area contributed by atoms with Crippen LogP contribution in [0.3, 0.4) is 0 Å². The van der Waals surface area contributed by atoms with E-state index < -0.39 is 6.04 Å². The van der Waals surface area contributed by atoms with Crippen molar-refractivity contribution in [3.8, 4) is 0 Å². The second kappa shape index (κ2) is 6.91. The van der Waals surface area contributed by atoms with Gasteiger partial charge in [-0.25, -0.2) is 0 Å². The number of nitrogens with zero attached hydrogens (tertiary/aromatic N) is 1. The molecule has 1 amide bonds. The van der Waals surface area contributed by atoms with Crippen LogP contribution in [0.2, 0.25) is 0 Å². The molecule has 28 heavy (non-hydrogen) atoms. The summed E-state index contributed by atoms with van der Waals surface area (Å²) in [7, 11) is 0. The summed E-state index contributed by atoms with van der Waals surface area (Å²) in [4.78, 5) is 28.0. The van der Waals surface area contributed by atoms with Gasteiger partial charge in [0.2, 0.25) is 5.76 Å². The standard InChI is InChI=1S/C23H23NO4/c1-4-15-5-7-16(8-6-15)19-18-20(26)17-12-13(2)11-14(3)21(17)28-22(18)23(27)24(19)9-10-25/h5-8,11-12,19,25H,4,9-10H2,1-3H3. The fourth-order valence-corrected chi connectivity index (χ4v) is 4.10. The lowest BCUT2D eigenvalue weighted by Crippen LogP contribution is -2.32. The van der Waals surface area contributed by atoms with Crippen molar-refractivity contribution in [2.45, 2.75) is 33.2 Å². The van der Waals surface area contributed by atoms with E-state index in [4.69, 9.17) is 4.42 Å². The lowest BCUT2D eigenvalue weighted by Gasteiger charge is -2.24. The summed E-state index contributed by atoms with van der Waals surface area (Å²) in [6.07, 6.45) is 0.909. The van der Waals surface area contributed by atoms with Gasteiger partial charge in [0.25, 0.3) is 5.91 Å². The molecule has 2 aromatic carbocycles. The highest BCUT2D eigenvalue weighted by atomic mass is 16.3. The number of hydrogen-bond acceptors (Lipinski definition) is 4. The molecule has 1 aliphatic rings. The number of hydrogen-bond donors (Lipinski definition) is 1. The molecule has 4 rings (SSSR count). The molecule has 5 heteroatoms. The Kier molecular flexibility index (Phi) is 4.55. The molecule has 2 heterocycles. The van der Waals surface area contributed by atoms with E-state index in [1.807, 2.05) is 50.2 Å². The summed E-state index contributed by atoms with van der Waals surface area (Å²) >= 11 is 0. The van der Waals surface area contributed by atoms with Gasteiger partial charge in [-0.15, -0.1) is 0 Å². The number of aliphatic hydroxyl groups is 1. The van der Waals surface area contributed by atoms with Gasteiger partial charge in [0.1, 0.15) is 5.58 Å². The van der Waals surface area contributed by atoms with Crippen molar-refractivity contribution in [3.05, 3.63) is 80.2 Å². The van der Waals surface area contributed by atoms with Gasteiger partial charge in [-0.3, -0.25) is 9.59 Å². The summed E-state index contributed by atoms with van der Waals surface area (Å²) in [5.74, 6) is -0.268. The van der Waals surface area contributed by atoms with Crippen LogP contribution in [0.15, 0.2) is 45.6 Å². The molecule has 0 bridgehead atoms. The number of fused-ring (bicyclic) bond motifs is 2. The second-order valence-corrected chi connectivity index (χ2v) is 7.35. The fraction of sp³-hybridized carbons (Fsp3) is 0.304. The average molecular weight is 377 g/mol. The Morgan fingerprint density at radius 3 is 2.46 bits per heavy atom. The highest BCUT2D eigenvalue weighted by molar-refractivity contribution is 5.99. The Labute approximate surface area is 163 Å². The van der Waals surface area contributed by atoms with Gasteiger partial charge in [0, 0.05) is 6.54 Å². The molecule has 1 atom stereocenters. The van der Waals surface area contributed by atoms with Crippen LogP contribution in [-0.2, 0) is 6.42 Å². The van der Waals surface area contributed by atoms with E-state index in [0.29, 0.717) is 16.5 Å². The number of carbonyl (C=O) groups is 1. The summed E-state index contributed by atoms with van der Waals surface area (Å²) in [5.41, 5.74) is 4.45. The van der Waals surface area contributed by atoms with Crippen LogP contribution in [0.1, 0.15) is 51.3 Å². The van der Waals surface area contributed by atoms with E-state index in [9.17, 15) is 14.7 Å². The SMILES string of the molecule is CCc1ccc(C2c3c(oc4c(C)cc(C)cc4c3=O)C(=O)N2CCO)cc1. The van der Waals surface area contributed by atoms with Gasteiger partial charge in [0.15, 0.2) is 5.43 Å². The van der Waals surface area contributed by atoms with Gasteiger partial charge in [-0.2, -0.15) is 0 Å². The van der Waals surface area contributed by atoms with Crippen LogP contribution in [0, 0.1) is 13.8 Å². The maximum absolute atomic E-state index is 13.4. The van der Waals surface area contributed by atoms with E-state index in [2.05, 4.69) is 6.92 Å². The fourth-order valence-electron chi connectivity index (χ4n) is 4.10. The molecule has 5 nitrogen and oxygen atoms in total. The number of benzene rings is 2. The highest BCUT2D eigenvalue weighted by Gasteiger charge is 2.42. The number of rotatable bonds is 4. The van der Waals surface area contributed by atoms with E-state index in [-0.39, 0.29) is 30.2 Å². The zero-order valence-corrected chi connectivity index (χ0v) is 16.3. The monoisotopic (exact) mass is 377 g/mol. The first-order valence-electron chi connectivity index (χ1n) is 9.54. The zero-order chi connectivity index (χ0) is 20.0. The molecule has 0 aliphatic carbocycles. The topological polar surface area (TPSA) is 70.8 Å². The van der Waals surface area contributed by atoms with Crippen LogP contribution in [0.5, 0.6) is 0 Å². The lowest BCUT2D eigenvalue weighted by atomic mass is 9.96. The Morgan fingerprint density at radius 1 is 1.11 bits per heavy atom. The van der Waals surface area contributed by atoms with Crippen LogP contribution >= 0.6 is 0 Å². The molecular weight excluding hydrogens is 354 g/mol. The zero-order valence-electron chi connectivity index (χ0n) is 16.3. The number of aliphatic hydroxyl groups excluding tert-OH is 1. The van der Waals surface area contributed by atoms with Gasteiger partial charge >= 0.3 is 0 Å². The third-order valence-corrected chi connectivity index (χ3v) is 5.44. The van der Waals surface area contributed by atoms with Gasteiger partial charge in [0.05, 0.1) is 23.6 Å². The molecule has 144 valence electrons. The van der Waals surface area contributed by atoms with E-state index in [1.54, 1.807) is 0 Å². The maximum Gasteiger partial charge on any atom is 0.290 e. The van der Waals surface area contributed by atoms with Gasteiger partial charge < -0.3 is 14.4 Å². The van der Waals surface area contributed by atoms with Crippen LogP contribution in [-0.4, -0.2) is 29.1 Å². The molecule has 1 unspecified atom stereocenters. The van der Waals surface area contributed by atoms with Crippen molar-refractivity contribution >= 4 is 16.9 Å². The van der Waals surface area contributed by atoms with Crippen LogP contribution in [0.25, 0.3) is 11.0 Å². The first-order chi connectivity index (χ1) is 13.5. The Bertz CT molecular complexity index is 1130. The Balaban J connectivity index is 2.00. The first-order valence-corrected chi connectivity index (χ1v) is 9.54. The van der Waals surface area contributed by atoms with E-state index in [1.165, 1.54) is 10.5 Å². The molecule has 0 spiro atoms. The molecule has 0 fully saturated rings. The molecule has 1 aromatic heterocycles. The van der Waals surface area contributed by atoms with E-state index >= 15 is 0 Å². The van der Waals surface area contributed by atoms with Crippen molar-refractivity contribution in [2.24, 2.45) is 0 Å². The third-order valence-electron chi connectivity index (χ3n) is 5.44. The number of amides is 1. The maximum atomic E-state index is 13.4. The van der Waals surface area contributed by atoms with Crippen molar-refractivity contribution < 1.29 is 14.3 Å². The minimum absolute atomic E-state index is 0.0856. The molecule has 0 saturated carbocycles. The van der Waals surface area contributed by atoms with Crippen molar-refractivity contribution in [3.63, 3.8) is 0 Å². The molecule has 1 N–H and O–H groups in total. The smallest absolute Gasteiger partial charge is 0.290 e. The van der Waals surface area contributed by atoms with Crippen LogP contribution in [0.4, 0.5) is 0 Å². The van der Waals surface area contributed by atoms with Crippen molar-refractivity contribution in [1.29, 1.82) is 0 Å². The number of aryl methyl sites for hydroxylation is 3. The van der Waals surface area contributed by atoms with Crippen molar-refractivity contribution in [2.75, 3.05) is 13.2 Å². The Morgan fingerprint density at radius 2 is 1.82 bits per heavy atom. The summed E-state index contributed by atoms with van der Waals surface area (Å²) in [6.45, 7) is 5.83. The van der Waals surface area contributed by atoms with Crippen LogP contribution < -0.4 is 5.43 Å². The molecule has 0 radical (unpaired) electrons. The largest absolute Gasteiger partial charge is 0.450 e. The summed E-state index contributed by atoms with van der Waals surface area (Å²) in [5, 5.41) is 10.00. The molecule has 1 aliphatic heterocycles. The third kappa shape index (κ3) is 2.74. The molecular formula is C23H23NO4. The predicted octanol–water partition coefficient (Wildman–Crippen LogP) is 3.51. The lowest BCUT2D eigenvalue weighted by molar-refractivity contribution is 0.0691. The Hall–Kier alpha value is -2.92. The van der Waals surface area contributed by atoms with Gasteiger partial charge in [-0.05, 0) is 48.6 Å². The van der Waals surface area contributed by atoms with Gasteiger partial charge in [-0.1, -0.05) is 37.3 Å².